The fourth-order valence-electron chi connectivity index (χ4n) is 1.55. The monoisotopic (exact) mass is 294 g/mol. The molecule has 2 amide bonds. The van der Waals surface area contributed by atoms with Gasteiger partial charge in [0.1, 0.15) is 6.04 Å². The molecule has 8 heteroatoms. The van der Waals surface area contributed by atoms with Gasteiger partial charge in [-0.1, -0.05) is 0 Å². The van der Waals surface area contributed by atoms with Crippen molar-refractivity contribution in [3.05, 3.63) is 29.8 Å². The molecule has 0 saturated carbocycles. The average molecular weight is 294 g/mol. The number of amides is 2. The first-order valence-corrected chi connectivity index (χ1v) is 5.99. The molecule has 112 valence electrons. The summed E-state index contributed by atoms with van der Waals surface area (Å²) in [5, 5.41) is 22.1. The third-order valence-electron chi connectivity index (χ3n) is 2.62. The van der Waals surface area contributed by atoms with Crippen LogP contribution in [0.25, 0.3) is 0 Å². The molecule has 0 aliphatic carbocycles. The summed E-state index contributed by atoms with van der Waals surface area (Å²) in [7, 11) is 0. The predicted molar refractivity (Wildman–Crippen MR) is 71.9 cm³/mol. The molecule has 0 saturated heterocycles. The third-order valence-corrected chi connectivity index (χ3v) is 2.62. The Bertz CT molecular complexity index is 540. The van der Waals surface area contributed by atoms with Crippen LogP contribution in [-0.4, -0.2) is 40.5 Å². The lowest BCUT2D eigenvalue weighted by atomic mass is 10.1. The summed E-state index contributed by atoms with van der Waals surface area (Å²) in [6.07, 6.45) is -0.0813. The Balaban J connectivity index is 2.69. The molecular weight excluding hydrogens is 280 g/mol. The van der Waals surface area contributed by atoms with Crippen LogP contribution in [0.3, 0.4) is 0 Å². The van der Waals surface area contributed by atoms with E-state index in [1.54, 1.807) is 0 Å². The van der Waals surface area contributed by atoms with Gasteiger partial charge < -0.3 is 20.8 Å². The van der Waals surface area contributed by atoms with Crippen LogP contribution in [-0.2, 0) is 14.4 Å². The topological polar surface area (TPSA) is 133 Å². The second-order valence-electron chi connectivity index (χ2n) is 4.14. The first-order valence-electron chi connectivity index (χ1n) is 5.99. The molecule has 4 N–H and O–H groups in total. The number of carbonyl (C=O) groups excluding carboxylic acids is 2. The Morgan fingerprint density at radius 1 is 1.14 bits per heavy atom. The summed E-state index contributed by atoms with van der Waals surface area (Å²) in [4.78, 5) is 43.5. The van der Waals surface area contributed by atoms with E-state index in [1.165, 1.54) is 24.3 Å². The minimum Gasteiger partial charge on any atom is -0.481 e. The van der Waals surface area contributed by atoms with Gasteiger partial charge in [-0.3, -0.25) is 14.4 Å². The van der Waals surface area contributed by atoms with Crippen LogP contribution in [0.1, 0.15) is 23.2 Å². The fraction of sp³-hybridized carbons (Fsp3) is 0.231. The van der Waals surface area contributed by atoms with E-state index < -0.39 is 23.9 Å². The van der Waals surface area contributed by atoms with Gasteiger partial charge in [-0.15, -0.1) is 0 Å². The minimum atomic E-state index is -1.30. The number of benzene rings is 1. The van der Waals surface area contributed by atoms with Crippen molar-refractivity contribution in [3.8, 4) is 0 Å². The number of rotatable bonds is 8. The van der Waals surface area contributed by atoms with Gasteiger partial charge >= 0.3 is 11.9 Å². The minimum absolute atomic E-state index is 0.202. The zero-order valence-electron chi connectivity index (χ0n) is 10.9. The molecule has 1 unspecified atom stereocenters. The molecule has 0 radical (unpaired) electrons. The predicted octanol–water partition coefficient (Wildman–Crippen LogP) is 0.303. The lowest BCUT2D eigenvalue weighted by molar-refractivity contribution is -0.140. The lowest BCUT2D eigenvalue weighted by Gasteiger charge is -2.13. The van der Waals surface area contributed by atoms with Gasteiger partial charge in [0, 0.05) is 17.7 Å². The summed E-state index contributed by atoms with van der Waals surface area (Å²) < 4.78 is 0. The van der Waals surface area contributed by atoms with Gasteiger partial charge in [0.25, 0.3) is 5.91 Å². The Labute approximate surface area is 119 Å². The first kappa shape index (κ1) is 16.2. The van der Waals surface area contributed by atoms with E-state index in [2.05, 4.69) is 10.6 Å². The van der Waals surface area contributed by atoms with Gasteiger partial charge in [0.15, 0.2) is 0 Å². The molecule has 0 spiro atoms. The Kier molecular flexibility index (Phi) is 5.87. The number of nitrogens with one attached hydrogen (secondary N) is 2. The highest BCUT2D eigenvalue weighted by atomic mass is 16.4. The normalized spacial score (nSPS) is 11.2. The van der Waals surface area contributed by atoms with Crippen LogP contribution < -0.4 is 10.6 Å². The molecule has 1 aromatic rings. The SMILES string of the molecule is O=CNc1ccc(C(=O)NC(CCC(=O)O)C(=O)O)cc1. The van der Waals surface area contributed by atoms with Crippen molar-refractivity contribution < 1.29 is 29.4 Å². The molecule has 0 heterocycles. The quantitative estimate of drug-likeness (QED) is 0.510. The molecule has 0 fully saturated rings. The standard InChI is InChI=1S/C13H14N2O6/c16-7-14-9-3-1-8(2-4-9)12(19)15-10(13(20)21)5-6-11(17)18/h1-4,7,10H,5-6H2,(H,14,16)(H,15,19)(H,17,18)(H,20,21). The number of anilines is 1. The lowest BCUT2D eigenvalue weighted by Crippen LogP contribution is -2.41. The highest BCUT2D eigenvalue weighted by Gasteiger charge is 2.21. The highest BCUT2D eigenvalue weighted by molar-refractivity contribution is 5.97. The van der Waals surface area contributed by atoms with Gasteiger partial charge in [0.05, 0.1) is 0 Å². The number of hydrogen-bond acceptors (Lipinski definition) is 4. The van der Waals surface area contributed by atoms with Crippen LogP contribution in [0.2, 0.25) is 0 Å². The zero-order chi connectivity index (χ0) is 15.8. The van der Waals surface area contributed by atoms with Crippen molar-refractivity contribution in [3.63, 3.8) is 0 Å². The second kappa shape index (κ2) is 7.63. The van der Waals surface area contributed by atoms with E-state index in [-0.39, 0.29) is 18.4 Å². The smallest absolute Gasteiger partial charge is 0.326 e. The summed E-state index contributed by atoms with van der Waals surface area (Å²) in [5.41, 5.74) is 0.690. The van der Waals surface area contributed by atoms with Crippen molar-refractivity contribution in [2.75, 3.05) is 5.32 Å². The van der Waals surface area contributed by atoms with E-state index in [0.29, 0.717) is 12.1 Å². The molecular formula is C13H14N2O6. The van der Waals surface area contributed by atoms with Crippen molar-refractivity contribution in [1.29, 1.82) is 0 Å². The average Bonchev–Trinajstić information content (AvgIpc) is 2.43. The van der Waals surface area contributed by atoms with Crippen LogP contribution >= 0.6 is 0 Å². The molecule has 1 atom stereocenters. The summed E-state index contributed by atoms with van der Waals surface area (Å²) >= 11 is 0. The molecule has 1 rings (SSSR count). The molecule has 0 aromatic heterocycles. The van der Waals surface area contributed by atoms with Crippen LogP contribution in [0.15, 0.2) is 24.3 Å². The molecule has 0 aliphatic rings. The number of carbonyl (C=O) groups is 4. The van der Waals surface area contributed by atoms with Crippen LogP contribution in [0, 0.1) is 0 Å². The molecule has 0 bridgehead atoms. The zero-order valence-corrected chi connectivity index (χ0v) is 10.9. The number of aliphatic carboxylic acids is 2. The molecule has 21 heavy (non-hydrogen) atoms. The number of carboxylic acids is 2. The third kappa shape index (κ3) is 5.31. The van der Waals surface area contributed by atoms with Gasteiger partial charge in [0.2, 0.25) is 6.41 Å². The van der Waals surface area contributed by atoms with E-state index in [0.717, 1.165) is 0 Å². The van der Waals surface area contributed by atoms with Gasteiger partial charge in [-0.2, -0.15) is 0 Å². The Hall–Kier alpha value is -2.90. The largest absolute Gasteiger partial charge is 0.481 e. The van der Waals surface area contributed by atoms with Crippen molar-refractivity contribution in [2.24, 2.45) is 0 Å². The maximum Gasteiger partial charge on any atom is 0.326 e. The molecule has 0 aliphatic heterocycles. The highest BCUT2D eigenvalue weighted by Crippen LogP contribution is 2.09. The van der Waals surface area contributed by atoms with Crippen molar-refractivity contribution >= 4 is 29.9 Å². The number of carboxylic acid groups (broad SMARTS) is 2. The Morgan fingerprint density at radius 2 is 1.76 bits per heavy atom. The molecule has 1 aromatic carbocycles. The van der Waals surface area contributed by atoms with Crippen molar-refractivity contribution in [1.82, 2.24) is 5.32 Å². The summed E-state index contributed by atoms with van der Waals surface area (Å²) in [6.45, 7) is 0. The van der Waals surface area contributed by atoms with Gasteiger partial charge in [-0.25, -0.2) is 4.79 Å². The number of hydrogen-bond donors (Lipinski definition) is 4. The fourth-order valence-corrected chi connectivity index (χ4v) is 1.55. The maximum absolute atomic E-state index is 11.9. The van der Waals surface area contributed by atoms with Crippen LogP contribution in [0.5, 0.6) is 0 Å². The summed E-state index contributed by atoms with van der Waals surface area (Å²) in [5.74, 6) is -3.07. The van der Waals surface area contributed by atoms with E-state index >= 15 is 0 Å². The van der Waals surface area contributed by atoms with E-state index in [9.17, 15) is 19.2 Å². The maximum atomic E-state index is 11.9. The Morgan fingerprint density at radius 3 is 2.24 bits per heavy atom. The van der Waals surface area contributed by atoms with E-state index in [1.807, 2.05) is 0 Å². The second-order valence-corrected chi connectivity index (χ2v) is 4.14. The van der Waals surface area contributed by atoms with Gasteiger partial charge in [-0.05, 0) is 30.7 Å². The first-order chi connectivity index (χ1) is 9.93. The van der Waals surface area contributed by atoms with E-state index in [4.69, 9.17) is 10.2 Å². The molecule has 8 nitrogen and oxygen atoms in total. The van der Waals surface area contributed by atoms with Crippen LogP contribution in [0.4, 0.5) is 5.69 Å². The van der Waals surface area contributed by atoms with Crippen molar-refractivity contribution in [2.45, 2.75) is 18.9 Å². The summed E-state index contributed by atoms with van der Waals surface area (Å²) in [6, 6.07) is 4.52.